The van der Waals surface area contributed by atoms with Gasteiger partial charge in [-0.15, -0.1) is 0 Å². The molecule has 2 rings (SSSR count). The molecule has 0 aromatic heterocycles. The predicted molar refractivity (Wildman–Crippen MR) is 364 cm³/mol. The Morgan fingerprint density at radius 2 is 0.775 bits per heavy atom. The molecule has 1 amide bonds. The van der Waals surface area contributed by atoms with Crippen LogP contribution in [0.25, 0.3) is 0 Å². The third-order valence-corrected chi connectivity index (χ3v) is 17.1. The van der Waals surface area contributed by atoms with Crippen LogP contribution in [0.1, 0.15) is 277 Å². The molecule has 0 aliphatic carbocycles. The number of allylic oxidation sites excluding steroid dienone is 16. The minimum absolute atomic E-state index is 0.243. The standard InChI is InChI=1S/C75H131NO13/c1-3-5-7-9-11-13-15-17-19-21-23-25-27-29-31-33-34-36-38-40-42-44-46-48-50-52-54-56-58-64(79)63(62-86-74-72(85)70(83)73(66(61-78)88-74)89-75-71(84)69(82)68(81)65(60-77)87-75)76-67(80)59-57-55-53-51-49-47-45-43-41-39-37-35-32-30-28-26-24-22-20-18-16-14-12-10-8-6-4-2/h6,8,12,14,18,20,24,26,30,32,37,39,43,45,49,51,63-66,68-75,77-79,81-85H,3-5,7,9-11,13,15-17,19,21-23,25,27-29,31,33-36,38,40-42,44,46-48,50,52-62H2,1-2H3,(H,76,80)/b8-6-,14-12-,20-18-,26-24-,32-30-,39-37-,45-43-,51-49-. The quantitative estimate of drug-likeness (QED) is 0.0204. The Morgan fingerprint density at radius 3 is 1.17 bits per heavy atom. The van der Waals surface area contributed by atoms with Crippen molar-refractivity contribution in [2.75, 3.05) is 19.8 Å². The summed E-state index contributed by atoms with van der Waals surface area (Å²) in [6, 6.07) is -0.861. The second-order valence-corrected chi connectivity index (χ2v) is 25.0. The van der Waals surface area contributed by atoms with Crippen LogP contribution >= 0.6 is 0 Å². The van der Waals surface area contributed by atoms with Crippen molar-refractivity contribution in [3.63, 3.8) is 0 Å². The molecule has 2 saturated heterocycles. The molecule has 0 bridgehead atoms. The summed E-state index contributed by atoms with van der Waals surface area (Å²) in [5.41, 5.74) is 0. The van der Waals surface area contributed by atoms with Crippen molar-refractivity contribution in [3.05, 3.63) is 97.2 Å². The monoisotopic (exact) mass is 1250 g/mol. The number of aliphatic hydroxyl groups is 8. The Bertz CT molecular complexity index is 1860. The van der Waals surface area contributed by atoms with Gasteiger partial charge in [-0.2, -0.15) is 0 Å². The smallest absolute Gasteiger partial charge is 0.220 e. The van der Waals surface area contributed by atoms with Gasteiger partial charge in [-0.25, -0.2) is 0 Å². The maximum atomic E-state index is 13.3. The summed E-state index contributed by atoms with van der Waals surface area (Å²) in [5.74, 6) is -0.249. The second-order valence-electron chi connectivity index (χ2n) is 25.0. The first-order valence-corrected chi connectivity index (χ1v) is 36.0. The van der Waals surface area contributed by atoms with Crippen molar-refractivity contribution in [2.45, 2.75) is 351 Å². The number of carbonyl (C=O) groups excluding carboxylic acids is 1. The van der Waals surface area contributed by atoms with Gasteiger partial charge in [0.1, 0.15) is 48.8 Å². The first kappa shape index (κ1) is 82.0. The molecule has 514 valence electrons. The Hall–Kier alpha value is -3.09. The molecular formula is C75H131NO13. The van der Waals surface area contributed by atoms with E-state index in [2.05, 4.69) is 116 Å². The average molecular weight is 1250 g/mol. The Labute approximate surface area is 541 Å². The molecule has 14 nitrogen and oxygen atoms in total. The van der Waals surface area contributed by atoms with Crippen LogP contribution in [0.3, 0.4) is 0 Å². The SMILES string of the molecule is CC/C=C\C/C=C\C/C=C\C/C=C\C/C=C\C/C=C\C/C=C\C/C=C\CCCCC(=O)NC(COC1OC(CO)C(OC2OC(CO)C(O)C(O)C2O)C(O)C1O)C(O)CCCCCCCCCCCCCCCCCCCCCCCCCCCCCC. The zero-order valence-corrected chi connectivity index (χ0v) is 55.9. The van der Waals surface area contributed by atoms with Crippen LogP contribution in [-0.2, 0) is 23.7 Å². The predicted octanol–water partition coefficient (Wildman–Crippen LogP) is 15.0. The number of hydrogen-bond acceptors (Lipinski definition) is 13. The molecule has 0 spiro atoms. The van der Waals surface area contributed by atoms with Gasteiger partial charge in [0.25, 0.3) is 0 Å². The number of rotatable bonds is 58. The van der Waals surface area contributed by atoms with Gasteiger partial charge in [-0.3, -0.25) is 4.79 Å². The highest BCUT2D eigenvalue weighted by molar-refractivity contribution is 5.76. The number of hydrogen-bond donors (Lipinski definition) is 9. The summed E-state index contributed by atoms with van der Waals surface area (Å²) in [6.07, 6.45) is 65.7. The summed E-state index contributed by atoms with van der Waals surface area (Å²) in [5, 5.41) is 87.6. The maximum absolute atomic E-state index is 13.3. The largest absolute Gasteiger partial charge is 0.394 e. The average Bonchev–Trinajstić information content (AvgIpc) is 2.75. The van der Waals surface area contributed by atoms with E-state index < -0.39 is 86.8 Å². The number of amides is 1. The molecular weight excluding hydrogens is 1120 g/mol. The van der Waals surface area contributed by atoms with E-state index in [-0.39, 0.29) is 18.9 Å². The molecule has 0 aromatic carbocycles. The third kappa shape index (κ3) is 42.7. The molecule has 89 heavy (non-hydrogen) atoms. The lowest BCUT2D eigenvalue weighted by Crippen LogP contribution is -2.65. The van der Waals surface area contributed by atoms with Gasteiger partial charge >= 0.3 is 0 Å². The number of ether oxygens (including phenoxy) is 4. The number of unbranched alkanes of at least 4 members (excludes halogenated alkanes) is 29. The molecule has 12 unspecified atom stereocenters. The first-order chi connectivity index (χ1) is 43.6. The lowest BCUT2D eigenvalue weighted by atomic mass is 9.97. The third-order valence-electron chi connectivity index (χ3n) is 17.1. The molecule has 12 atom stereocenters. The molecule has 2 aliphatic rings. The number of nitrogens with one attached hydrogen (secondary N) is 1. The fourth-order valence-corrected chi connectivity index (χ4v) is 11.4. The van der Waals surface area contributed by atoms with Crippen LogP contribution in [0.2, 0.25) is 0 Å². The van der Waals surface area contributed by atoms with Crippen molar-refractivity contribution in [2.24, 2.45) is 0 Å². The van der Waals surface area contributed by atoms with E-state index >= 15 is 0 Å². The van der Waals surface area contributed by atoms with Crippen LogP contribution in [0.15, 0.2) is 97.2 Å². The van der Waals surface area contributed by atoms with Gasteiger partial charge in [-0.05, 0) is 77.0 Å². The molecule has 0 saturated carbocycles. The molecule has 0 radical (unpaired) electrons. The highest BCUT2D eigenvalue weighted by Gasteiger charge is 2.51. The zero-order valence-electron chi connectivity index (χ0n) is 55.9. The van der Waals surface area contributed by atoms with Crippen molar-refractivity contribution < 1.29 is 64.6 Å². The van der Waals surface area contributed by atoms with E-state index in [1.54, 1.807) is 0 Å². The maximum Gasteiger partial charge on any atom is 0.220 e. The van der Waals surface area contributed by atoms with E-state index in [0.717, 1.165) is 89.9 Å². The van der Waals surface area contributed by atoms with E-state index in [1.807, 2.05) is 0 Å². The summed E-state index contributed by atoms with van der Waals surface area (Å²) in [6.45, 7) is 2.74. The van der Waals surface area contributed by atoms with Crippen molar-refractivity contribution >= 4 is 5.91 Å². The van der Waals surface area contributed by atoms with E-state index in [9.17, 15) is 45.6 Å². The van der Waals surface area contributed by atoms with Crippen LogP contribution in [-0.4, -0.2) is 140 Å². The molecule has 14 heteroatoms. The second kappa shape index (κ2) is 58.7. The van der Waals surface area contributed by atoms with Gasteiger partial charge in [-0.1, -0.05) is 291 Å². The minimum Gasteiger partial charge on any atom is -0.394 e. The fourth-order valence-electron chi connectivity index (χ4n) is 11.4. The van der Waals surface area contributed by atoms with Crippen molar-refractivity contribution in [1.82, 2.24) is 5.32 Å². The van der Waals surface area contributed by atoms with E-state index in [4.69, 9.17) is 18.9 Å². The summed E-state index contributed by atoms with van der Waals surface area (Å²) in [7, 11) is 0. The minimum atomic E-state index is -1.79. The molecule has 0 aromatic rings. The van der Waals surface area contributed by atoms with Crippen LogP contribution < -0.4 is 5.32 Å². The lowest BCUT2D eigenvalue weighted by molar-refractivity contribution is -0.359. The number of aliphatic hydroxyl groups excluding tert-OH is 8. The van der Waals surface area contributed by atoms with Gasteiger partial charge in [0.05, 0.1) is 32.0 Å². The van der Waals surface area contributed by atoms with E-state index in [1.165, 1.54) is 154 Å². The topological polar surface area (TPSA) is 228 Å². The van der Waals surface area contributed by atoms with Crippen molar-refractivity contribution in [1.29, 1.82) is 0 Å². The van der Waals surface area contributed by atoms with E-state index in [0.29, 0.717) is 12.8 Å². The summed E-state index contributed by atoms with van der Waals surface area (Å²) < 4.78 is 22.9. The van der Waals surface area contributed by atoms with Gasteiger partial charge < -0.3 is 65.1 Å². The van der Waals surface area contributed by atoms with Crippen LogP contribution in [0.4, 0.5) is 0 Å². The Kier molecular flexibility index (Phi) is 54.1. The van der Waals surface area contributed by atoms with Gasteiger partial charge in [0, 0.05) is 6.42 Å². The highest BCUT2D eigenvalue weighted by Crippen LogP contribution is 2.30. The molecule has 2 heterocycles. The molecule has 2 aliphatic heterocycles. The lowest BCUT2D eigenvalue weighted by Gasteiger charge is -2.46. The summed E-state index contributed by atoms with van der Waals surface area (Å²) >= 11 is 0. The Morgan fingerprint density at radius 1 is 0.416 bits per heavy atom. The first-order valence-electron chi connectivity index (χ1n) is 36.0. The zero-order chi connectivity index (χ0) is 64.5. The Balaban J connectivity index is 1.70. The number of carbonyl (C=O) groups is 1. The van der Waals surface area contributed by atoms with Gasteiger partial charge in [0.2, 0.25) is 5.91 Å². The van der Waals surface area contributed by atoms with Gasteiger partial charge in [0.15, 0.2) is 12.6 Å². The van der Waals surface area contributed by atoms with Crippen LogP contribution in [0.5, 0.6) is 0 Å². The molecule has 2 fully saturated rings. The summed E-state index contributed by atoms with van der Waals surface area (Å²) in [4.78, 5) is 13.3. The highest BCUT2D eigenvalue weighted by atomic mass is 16.7. The normalized spacial score (nSPS) is 23.6. The van der Waals surface area contributed by atoms with Crippen molar-refractivity contribution in [3.8, 4) is 0 Å². The molecule has 9 N–H and O–H groups in total. The van der Waals surface area contributed by atoms with Crippen LogP contribution in [0, 0.1) is 0 Å². The fraction of sp³-hybridized carbons (Fsp3) is 0.773.